The summed E-state index contributed by atoms with van der Waals surface area (Å²) in [5, 5.41) is 6.17. The lowest BCUT2D eigenvalue weighted by atomic mass is 10.6. The van der Waals surface area contributed by atoms with E-state index in [1.54, 1.807) is 11.8 Å². The number of alkyl carbamates (subject to hydrolysis) is 1. The lowest BCUT2D eigenvalue weighted by Gasteiger charge is -2.17. The molecule has 2 N–H and O–H groups in total. The maximum Gasteiger partial charge on any atom is 0.413 e. The first-order chi connectivity index (χ1) is 6.65. The fourth-order valence-electron chi connectivity index (χ4n) is 0.987. The van der Waals surface area contributed by atoms with Gasteiger partial charge in [-0.3, -0.25) is 10.2 Å². The van der Waals surface area contributed by atoms with Crippen molar-refractivity contribution in [2.45, 2.75) is 6.92 Å². The van der Waals surface area contributed by atoms with Gasteiger partial charge in [-0.2, -0.15) is 0 Å². The molecule has 0 aromatic rings. The van der Waals surface area contributed by atoms with Crippen LogP contribution in [0.25, 0.3) is 0 Å². The summed E-state index contributed by atoms with van der Waals surface area (Å²) in [6, 6.07) is 0. The Kier molecular flexibility index (Phi) is 4.02. The van der Waals surface area contributed by atoms with Crippen molar-refractivity contribution in [3.8, 4) is 0 Å². The lowest BCUT2D eigenvalue weighted by Crippen LogP contribution is -2.44. The molecule has 0 saturated carbocycles. The van der Waals surface area contributed by atoms with E-state index in [2.05, 4.69) is 15.4 Å². The smallest absolute Gasteiger partial charge is 0.413 e. The summed E-state index contributed by atoms with van der Waals surface area (Å²) in [6.45, 7) is 3.45. The van der Waals surface area contributed by atoms with E-state index in [4.69, 9.17) is 24.4 Å². The first kappa shape index (κ1) is 11.1. The molecule has 1 fully saturated rings. The van der Waals surface area contributed by atoms with Crippen molar-refractivity contribution in [1.29, 1.82) is 0 Å². The lowest BCUT2D eigenvalue weighted by molar-refractivity contribution is 0.157. The topological polar surface area (TPSA) is 53.6 Å². The molecule has 0 radical (unpaired) electrons. The SMILES string of the molecule is CCOC(=O)NC(=S)N1CCNC1=S. The van der Waals surface area contributed by atoms with Crippen molar-refractivity contribution in [3.63, 3.8) is 0 Å². The van der Waals surface area contributed by atoms with Gasteiger partial charge in [0.25, 0.3) is 0 Å². The van der Waals surface area contributed by atoms with Crippen LogP contribution in [0.1, 0.15) is 6.92 Å². The second-order valence-corrected chi connectivity index (χ2v) is 3.31. The molecule has 14 heavy (non-hydrogen) atoms. The molecule has 0 bridgehead atoms. The van der Waals surface area contributed by atoms with Gasteiger partial charge in [0.2, 0.25) is 0 Å². The number of nitrogens with zero attached hydrogens (tertiary/aromatic N) is 1. The Hall–Kier alpha value is -0.950. The molecule has 0 aromatic heterocycles. The van der Waals surface area contributed by atoms with Gasteiger partial charge in [0.05, 0.1) is 6.61 Å². The third kappa shape index (κ3) is 2.78. The average Bonchev–Trinajstić information content (AvgIpc) is 2.51. The highest BCUT2D eigenvalue weighted by Crippen LogP contribution is 1.98. The second kappa shape index (κ2) is 5.06. The van der Waals surface area contributed by atoms with Gasteiger partial charge in [-0.1, -0.05) is 0 Å². The molecule has 1 heterocycles. The molecular weight excluding hydrogens is 222 g/mol. The van der Waals surface area contributed by atoms with Crippen molar-refractivity contribution < 1.29 is 9.53 Å². The van der Waals surface area contributed by atoms with Crippen LogP contribution in [0.2, 0.25) is 0 Å². The van der Waals surface area contributed by atoms with E-state index in [0.717, 1.165) is 6.54 Å². The summed E-state index contributed by atoms with van der Waals surface area (Å²) in [6.07, 6.45) is -0.549. The minimum atomic E-state index is -0.549. The number of rotatable bonds is 1. The fourth-order valence-corrected chi connectivity index (χ4v) is 1.60. The van der Waals surface area contributed by atoms with E-state index in [1.165, 1.54) is 0 Å². The largest absolute Gasteiger partial charge is 0.450 e. The molecule has 1 rings (SSSR count). The third-order valence-corrected chi connectivity index (χ3v) is 2.27. The van der Waals surface area contributed by atoms with Gasteiger partial charge in [-0.25, -0.2) is 4.79 Å². The third-order valence-electron chi connectivity index (χ3n) is 1.59. The monoisotopic (exact) mass is 233 g/mol. The van der Waals surface area contributed by atoms with Gasteiger partial charge in [0.1, 0.15) is 0 Å². The van der Waals surface area contributed by atoms with E-state index in [1.807, 2.05) is 0 Å². The van der Waals surface area contributed by atoms with Crippen LogP contribution >= 0.6 is 24.4 Å². The quantitative estimate of drug-likeness (QED) is 0.631. The van der Waals surface area contributed by atoms with E-state index in [0.29, 0.717) is 18.3 Å². The van der Waals surface area contributed by atoms with Crippen LogP contribution in [0.4, 0.5) is 4.79 Å². The number of amides is 1. The number of hydrogen-bond donors (Lipinski definition) is 2. The molecule has 1 aliphatic heterocycles. The molecule has 1 saturated heterocycles. The number of nitrogens with one attached hydrogen (secondary N) is 2. The molecular formula is C7H11N3O2S2. The molecule has 0 aromatic carbocycles. The highest BCUT2D eigenvalue weighted by molar-refractivity contribution is 7.81. The highest BCUT2D eigenvalue weighted by Gasteiger charge is 2.21. The second-order valence-electron chi connectivity index (χ2n) is 2.53. The van der Waals surface area contributed by atoms with E-state index in [-0.39, 0.29) is 5.11 Å². The minimum Gasteiger partial charge on any atom is -0.450 e. The van der Waals surface area contributed by atoms with Crippen LogP contribution in [0.15, 0.2) is 0 Å². The van der Waals surface area contributed by atoms with Crippen LogP contribution in [-0.4, -0.2) is 40.9 Å². The van der Waals surface area contributed by atoms with Gasteiger partial charge in [-0.05, 0) is 31.4 Å². The molecule has 1 amide bonds. The summed E-state index contributed by atoms with van der Waals surface area (Å²) in [7, 11) is 0. The molecule has 0 atom stereocenters. The average molecular weight is 233 g/mol. The molecule has 7 heteroatoms. The Balaban J connectivity index is 2.41. The van der Waals surface area contributed by atoms with Crippen molar-refractivity contribution in [3.05, 3.63) is 0 Å². The summed E-state index contributed by atoms with van der Waals surface area (Å²) in [4.78, 5) is 12.6. The summed E-state index contributed by atoms with van der Waals surface area (Å²) < 4.78 is 4.68. The van der Waals surface area contributed by atoms with E-state index in [9.17, 15) is 4.79 Å². The number of thiocarbonyl (C=S) groups is 2. The number of ether oxygens (including phenoxy) is 1. The Morgan fingerprint density at radius 1 is 1.79 bits per heavy atom. The Morgan fingerprint density at radius 3 is 3.00 bits per heavy atom. The fraction of sp³-hybridized carbons (Fsp3) is 0.571. The molecule has 78 valence electrons. The summed E-state index contributed by atoms with van der Waals surface area (Å²) >= 11 is 9.94. The number of carbonyl (C=O) groups excluding carboxylic acids is 1. The molecule has 0 spiro atoms. The summed E-state index contributed by atoms with van der Waals surface area (Å²) in [5.41, 5.74) is 0. The predicted molar refractivity (Wildman–Crippen MR) is 60.1 cm³/mol. The van der Waals surface area contributed by atoms with E-state index < -0.39 is 6.09 Å². The molecule has 5 nitrogen and oxygen atoms in total. The first-order valence-corrected chi connectivity index (χ1v) is 5.00. The van der Waals surface area contributed by atoms with Crippen LogP contribution < -0.4 is 10.6 Å². The maximum absolute atomic E-state index is 11.0. The zero-order valence-electron chi connectivity index (χ0n) is 7.70. The molecule has 0 unspecified atom stereocenters. The Morgan fingerprint density at radius 2 is 2.50 bits per heavy atom. The normalized spacial score (nSPS) is 14.9. The van der Waals surface area contributed by atoms with Gasteiger partial charge in [0, 0.05) is 13.1 Å². The van der Waals surface area contributed by atoms with Crippen LogP contribution in [0, 0.1) is 0 Å². The minimum absolute atomic E-state index is 0.276. The van der Waals surface area contributed by atoms with Crippen molar-refractivity contribution in [2.75, 3.05) is 19.7 Å². The molecule has 0 aliphatic carbocycles. The van der Waals surface area contributed by atoms with Crippen LogP contribution in [0.5, 0.6) is 0 Å². The van der Waals surface area contributed by atoms with Gasteiger partial charge >= 0.3 is 6.09 Å². The van der Waals surface area contributed by atoms with Crippen LogP contribution in [-0.2, 0) is 4.74 Å². The Bertz CT molecular complexity index is 270. The van der Waals surface area contributed by atoms with Gasteiger partial charge < -0.3 is 10.1 Å². The van der Waals surface area contributed by atoms with Crippen molar-refractivity contribution in [2.24, 2.45) is 0 Å². The van der Waals surface area contributed by atoms with Crippen molar-refractivity contribution in [1.82, 2.24) is 15.5 Å². The zero-order valence-corrected chi connectivity index (χ0v) is 9.33. The van der Waals surface area contributed by atoms with Gasteiger partial charge in [0.15, 0.2) is 10.2 Å². The predicted octanol–water partition coefficient (Wildman–Crippen LogP) is 0.207. The van der Waals surface area contributed by atoms with Gasteiger partial charge in [-0.15, -0.1) is 0 Å². The molecule has 1 aliphatic rings. The van der Waals surface area contributed by atoms with Crippen molar-refractivity contribution >= 4 is 40.8 Å². The number of hydrogen-bond acceptors (Lipinski definition) is 4. The Labute approximate surface area is 92.8 Å². The van der Waals surface area contributed by atoms with E-state index >= 15 is 0 Å². The first-order valence-electron chi connectivity index (χ1n) is 4.18. The summed E-state index contributed by atoms with van der Waals surface area (Å²) in [5.74, 6) is 0. The number of carbonyl (C=O) groups is 1. The highest BCUT2D eigenvalue weighted by atomic mass is 32.1. The zero-order chi connectivity index (χ0) is 10.6. The maximum atomic E-state index is 11.0. The van der Waals surface area contributed by atoms with Crippen LogP contribution in [0.3, 0.4) is 0 Å². The standard InChI is InChI=1S/C7H11N3O2S2/c1-2-12-7(11)9-6(14)10-4-3-8-5(10)13/h2-4H2,1H3,(H,8,13)(H,9,11,14).